The Morgan fingerprint density at radius 2 is 0.524 bits per heavy atom. The van der Waals surface area contributed by atoms with Crippen LogP contribution in [0.5, 0.6) is 0 Å². The minimum Gasteiger partial charge on any atom is -0.329 e. The van der Waals surface area contributed by atoms with Gasteiger partial charge >= 0.3 is 102 Å². The second-order valence-corrected chi connectivity index (χ2v) is 8.48. The van der Waals surface area contributed by atoms with Crippen molar-refractivity contribution in [1.82, 2.24) is 76.8 Å². The van der Waals surface area contributed by atoms with Crippen LogP contribution in [0.2, 0.25) is 0 Å². The third kappa shape index (κ3) is 64.8. The van der Waals surface area contributed by atoms with Gasteiger partial charge in [-0.2, -0.15) is 15.6 Å². The summed E-state index contributed by atoms with van der Waals surface area (Å²) in [4.78, 5) is 12.0. The van der Waals surface area contributed by atoms with Crippen LogP contribution in [0.25, 0.3) is 34.6 Å². The summed E-state index contributed by atoms with van der Waals surface area (Å²) >= 11 is 28.6. The third-order valence-corrected chi connectivity index (χ3v) is 3.64. The van der Waals surface area contributed by atoms with Crippen LogP contribution in [0.3, 0.4) is 0 Å². The number of hydrogen-bond acceptors (Lipinski definition) is 12. The molecule has 24 nitrogen and oxygen atoms in total. The van der Waals surface area contributed by atoms with E-state index < -0.39 is 0 Å². The predicted molar refractivity (Wildman–Crippen MR) is 194 cm³/mol. The first-order chi connectivity index (χ1) is 29.6. The van der Waals surface area contributed by atoms with Gasteiger partial charge in [0.15, 0.2) is 0 Å². The molecule has 0 amide bonds. The number of rotatable bonds is 3. The normalized spacial score (nSPS) is 6.29. The number of alkyl halides is 6. The van der Waals surface area contributed by atoms with Crippen molar-refractivity contribution in [2.24, 2.45) is 0 Å². The number of tetrazole rings is 3. The molecule has 0 bridgehead atoms. The van der Waals surface area contributed by atoms with E-state index in [0.717, 1.165) is 0 Å². The fourth-order valence-corrected chi connectivity index (χ4v) is 2.23. The molecule has 0 atom stereocenters. The Hall–Kier alpha value is -3.95. The Kier molecular flexibility index (Phi) is 139. The smallest absolute Gasteiger partial charge is 0.0772 e. The average Bonchev–Trinajstić information content (AvgIpc) is 4.21. The summed E-state index contributed by atoms with van der Waals surface area (Å²) in [6.45, 7) is 40.5. The fraction of sp³-hybridized carbons (Fsp3) is 0.100. The molecule has 6 aromatic heterocycles. The van der Waals surface area contributed by atoms with Crippen molar-refractivity contribution in [1.29, 1.82) is 0 Å². The van der Waals surface area contributed by atoms with Crippen molar-refractivity contribution in [3.8, 4) is 34.6 Å². The molecular formula is C30H18Cl6N15O9Re3-3. The molecule has 6 rings (SSSR count). The van der Waals surface area contributed by atoms with Crippen LogP contribution in [0.1, 0.15) is 0 Å². The molecule has 63 heavy (non-hydrogen) atoms. The standard InChI is InChI=1S/3C6H4N5.3CH2Cl2.9CO.3Re/c3*1-2-4-7-5(3-1)6-8-10-11-9-6;3*2-1-3;9*1-2;;;/h3*1-4H;3*1H2;;;;;;;;;;;;/q3*-1;;;;;;;;;;;;;;;. The first-order valence-electron chi connectivity index (χ1n) is 12.6. The summed E-state index contributed by atoms with van der Waals surface area (Å²) in [7, 11) is 0. The maximum absolute atomic E-state index is 7.50. The molecule has 0 aliphatic heterocycles. The second kappa shape index (κ2) is 97.4. The Balaban J connectivity index is -0.0000000479. The van der Waals surface area contributed by atoms with Crippen molar-refractivity contribution in [3.63, 3.8) is 0 Å². The minimum absolute atomic E-state index is 0. The molecule has 6 aromatic rings. The van der Waals surface area contributed by atoms with Crippen molar-refractivity contribution in [3.05, 3.63) is 133 Å². The van der Waals surface area contributed by atoms with Crippen molar-refractivity contribution >= 4 is 69.6 Å². The van der Waals surface area contributed by atoms with Gasteiger partial charge in [-0.05, 0) is 36.4 Å². The van der Waals surface area contributed by atoms with E-state index in [4.69, 9.17) is 111 Å². The molecule has 0 fully saturated rings. The summed E-state index contributed by atoms with van der Waals surface area (Å²) in [5.41, 5.74) is 2.08. The van der Waals surface area contributed by atoms with Crippen molar-refractivity contribution < 1.29 is 103 Å². The largest absolute Gasteiger partial charge is 0.329 e. The molecule has 0 aromatic carbocycles. The van der Waals surface area contributed by atoms with Crippen LogP contribution in [0, 0.1) is 59.9 Å². The minimum atomic E-state index is 0. The number of halogens is 6. The number of aromatic nitrogens is 15. The van der Waals surface area contributed by atoms with Crippen molar-refractivity contribution in [2.75, 3.05) is 16.0 Å². The summed E-state index contributed by atoms with van der Waals surface area (Å²) in [5.74, 6) is 1.39. The number of hydrogen-bond donors (Lipinski definition) is 0. The summed E-state index contributed by atoms with van der Waals surface area (Å²) in [5, 5.41) is 42.6. The molecular weight excluding hydrogens is 1490 g/mol. The van der Waals surface area contributed by atoms with Crippen molar-refractivity contribution in [2.45, 2.75) is 0 Å². The zero-order valence-corrected chi connectivity index (χ0v) is 43.0. The predicted octanol–water partition coefficient (Wildman–Crippen LogP) is 3.59. The Morgan fingerprint density at radius 1 is 0.349 bits per heavy atom. The Morgan fingerprint density at radius 3 is 0.635 bits per heavy atom. The van der Waals surface area contributed by atoms with Crippen LogP contribution in [-0.2, 0) is 103 Å². The van der Waals surface area contributed by atoms with E-state index in [1.165, 1.54) is 0 Å². The zero-order chi connectivity index (χ0) is 48.7. The van der Waals surface area contributed by atoms with E-state index in [1.807, 2.05) is 36.4 Å². The molecule has 0 saturated heterocycles. The summed E-state index contributed by atoms with van der Waals surface area (Å²) in [6, 6.07) is 16.5. The maximum atomic E-state index is 7.50. The van der Waals surface area contributed by atoms with E-state index in [2.05, 4.69) is 137 Å². The molecule has 6 heterocycles. The first-order valence-corrected chi connectivity index (χ1v) is 15.9. The van der Waals surface area contributed by atoms with Gasteiger partial charge < -0.3 is 15.3 Å². The van der Waals surface area contributed by atoms with E-state index >= 15 is 0 Å². The van der Waals surface area contributed by atoms with Crippen LogP contribution < -0.4 is 15.3 Å². The van der Waals surface area contributed by atoms with E-state index in [9.17, 15) is 0 Å². The molecule has 0 unspecified atom stereocenters. The van der Waals surface area contributed by atoms with Crippen LogP contribution in [0.4, 0.5) is 0 Å². The number of pyridine rings is 3. The van der Waals surface area contributed by atoms with Gasteiger partial charge in [-0.15, -0.1) is 69.6 Å². The topological polar surface area (TPSA) is 376 Å². The monoisotopic (exact) mass is 1500 g/mol. The summed E-state index contributed by atoms with van der Waals surface area (Å²) in [6.07, 6.45) is 5.02. The molecule has 0 aliphatic carbocycles. The summed E-state index contributed by atoms with van der Waals surface area (Å²) < 4.78 is 67.5. The second-order valence-electron chi connectivity index (χ2n) is 6.06. The van der Waals surface area contributed by atoms with Gasteiger partial charge in [0.25, 0.3) is 0 Å². The van der Waals surface area contributed by atoms with E-state index in [0.29, 0.717) is 34.6 Å². The molecule has 0 saturated carbocycles. The molecule has 0 N–H and O–H groups in total. The SMILES string of the molecule is ClCCl.ClCCl.ClCCl.[C-]#[O+].[C-]#[O+].[C-]#[O+].[C-]#[O+].[C-]#[O+].[C-]#[O+].[C-]#[O+].[C-]#[O+].[C-]#[O+].[Re].[Re].[Re].c1ccc(-c2nnn[n-]2)nc1.c1ccc(-c2nnn[n-]2)nc1.c1ccc(-c2nnn[n-]2)nc1. The van der Waals surface area contributed by atoms with Gasteiger partial charge in [0, 0.05) is 79.9 Å². The molecule has 0 aliphatic rings. The molecule has 0 spiro atoms. The zero-order valence-electron chi connectivity index (χ0n) is 30.3. The Labute approximate surface area is 429 Å². The van der Waals surface area contributed by atoms with Gasteiger partial charge in [0.2, 0.25) is 0 Å². The third-order valence-electron chi connectivity index (χ3n) is 3.64. The van der Waals surface area contributed by atoms with E-state index in [-0.39, 0.29) is 77.3 Å². The fourth-order valence-electron chi connectivity index (χ4n) is 2.23. The van der Waals surface area contributed by atoms with Gasteiger partial charge in [0.05, 0.1) is 50.6 Å². The number of nitrogens with zero attached hydrogens (tertiary/aromatic N) is 15. The Bertz CT molecular complexity index is 1560. The van der Waals surface area contributed by atoms with Gasteiger partial charge in [-0.1, -0.05) is 18.2 Å². The van der Waals surface area contributed by atoms with Gasteiger partial charge in [0.1, 0.15) is 0 Å². The van der Waals surface area contributed by atoms with Gasteiger partial charge in [-0.3, -0.25) is 45.9 Å². The van der Waals surface area contributed by atoms with Crippen LogP contribution in [0.15, 0.2) is 73.2 Å². The average molecular weight is 1500 g/mol. The molecule has 333 valence electrons. The van der Waals surface area contributed by atoms with E-state index in [1.54, 1.807) is 36.8 Å². The molecule has 33 heteroatoms. The van der Waals surface area contributed by atoms with Crippen LogP contribution >= 0.6 is 69.6 Å². The molecule has 3 radical (unpaired) electrons. The quantitative estimate of drug-likeness (QED) is 0.139. The maximum Gasteiger partial charge on any atom is 0.0772 e. The van der Waals surface area contributed by atoms with Gasteiger partial charge in [-0.25, -0.2) is 0 Å². The first kappa shape index (κ1) is 89.9. The van der Waals surface area contributed by atoms with Crippen LogP contribution in [-0.4, -0.2) is 77.5 Å².